The Balaban J connectivity index is 1.93. The average molecular weight is 322 g/mol. The van der Waals surface area contributed by atoms with Crippen LogP contribution in [-0.4, -0.2) is 66.4 Å². The van der Waals surface area contributed by atoms with Crippen LogP contribution in [0.4, 0.5) is 5.82 Å². The largest absolute Gasteiger partial charge is 0.472 e. The highest BCUT2D eigenvalue weighted by Gasteiger charge is 2.18. The number of hydrogen-bond donors (Lipinski definition) is 0. The van der Waals surface area contributed by atoms with Crippen molar-refractivity contribution in [3.8, 4) is 5.88 Å². The molecule has 0 saturated carbocycles. The number of nitrogens with zero attached hydrogens (tertiary/aromatic N) is 4. The Kier molecular flexibility index (Phi) is 6.99. The summed E-state index contributed by atoms with van der Waals surface area (Å²) in [5, 5.41) is 8.35. The van der Waals surface area contributed by atoms with E-state index in [1.807, 2.05) is 49.0 Å². The highest BCUT2D eigenvalue weighted by Crippen LogP contribution is 2.16. The molecule has 1 atom stereocenters. The molecule has 1 fully saturated rings. The second-order valence-corrected chi connectivity index (χ2v) is 6.87. The van der Waals surface area contributed by atoms with Crippen molar-refractivity contribution in [1.29, 1.82) is 0 Å². The van der Waals surface area contributed by atoms with Gasteiger partial charge in [0.2, 0.25) is 5.88 Å². The molecule has 5 nitrogen and oxygen atoms in total. The van der Waals surface area contributed by atoms with Gasteiger partial charge in [-0.1, -0.05) is 6.08 Å². The molecule has 0 aliphatic carbocycles. The van der Waals surface area contributed by atoms with Crippen molar-refractivity contribution in [3.63, 3.8) is 0 Å². The minimum absolute atomic E-state index is 0.139. The van der Waals surface area contributed by atoms with Gasteiger partial charge in [0.05, 0.1) is 0 Å². The Morgan fingerprint density at radius 2 is 2.14 bits per heavy atom. The maximum atomic E-state index is 6.07. The number of hydrogen-bond acceptors (Lipinski definition) is 6. The Morgan fingerprint density at radius 3 is 2.73 bits per heavy atom. The molecule has 22 heavy (non-hydrogen) atoms. The van der Waals surface area contributed by atoms with E-state index in [-0.39, 0.29) is 6.10 Å². The van der Waals surface area contributed by atoms with Gasteiger partial charge in [-0.05, 0) is 18.9 Å². The zero-order chi connectivity index (χ0) is 15.8. The summed E-state index contributed by atoms with van der Waals surface area (Å²) in [6.45, 7) is 7.05. The van der Waals surface area contributed by atoms with Gasteiger partial charge >= 0.3 is 0 Å². The van der Waals surface area contributed by atoms with Crippen molar-refractivity contribution >= 4 is 17.6 Å². The predicted octanol–water partition coefficient (Wildman–Crippen LogP) is 2.31. The molecule has 0 unspecified atom stereocenters. The van der Waals surface area contributed by atoms with Gasteiger partial charge in [0.15, 0.2) is 5.82 Å². The lowest BCUT2D eigenvalue weighted by Gasteiger charge is -2.30. The third kappa shape index (κ3) is 5.50. The number of thioether (sulfide) groups is 1. The molecule has 1 aromatic heterocycles. The Labute approximate surface area is 137 Å². The van der Waals surface area contributed by atoms with Crippen LogP contribution in [0.15, 0.2) is 24.8 Å². The number of allylic oxidation sites excluding steroid dienone is 1. The van der Waals surface area contributed by atoms with Gasteiger partial charge in [-0.2, -0.15) is 11.8 Å². The first-order valence-corrected chi connectivity index (χ1v) is 8.93. The van der Waals surface area contributed by atoms with Crippen molar-refractivity contribution in [2.45, 2.75) is 18.9 Å². The van der Waals surface area contributed by atoms with E-state index in [0.717, 1.165) is 38.3 Å². The van der Waals surface area contributed by atoms with E-state index in [9.17, 15) is 0 Å². The lowest BCUT2D eigenvalue weighted by Crippen LogP contribution is -2.40. The Bertz CT molecular complexity index is 446. The maximum absolute atomic E-state index is 6.07. The molecule has 0 amide bonds. The molecule has 6 heteroatoms. The first kappa shape index (κ1) is 17.1. The molecule has 0 spiro atoms. The fourth-order valence-corrected chi connectivity index (χ4v) is 3.33. The van der Waals surface area contributed by atoms with E-state index in [4.69, 9.17) is 4.74 Å². The lowest BCUT2D eigenvalue weighted by molar-refractivity contribution is 0.126. The monoisotopic (exact) mass is 322 g/mol. The summed E-state index contributed by atoms with van der Waals surface area (Å²) in [4.78, 5) is 4.41. The summed E-state index contributed by atoms with van der Waals surface area (Å²) in [6.07, 6.45) is 4.00. The predicted molar refractivity (Wildman–Crippen MR) is 94.0 cm³/mol. The molecule has 0 radical (unpaired) electrons. The van der Waals surface area contributed by atoms with E-state index in [2.05, 4.69) is 21.7 Å². The van der Waals surface area contributed by atoms with Crippen LogP contribution < -0.4 is 9.64 Å². The molecule has 2 rings (SSSR count). The molecule has 0 N–H and O–H groups in total. The number of ether oxygens (including phenoxy) is 1. The molecule has 1 aliphatic heterocycles. The minimum atomic E-state index is 0.139. The van der Waals surface area contributed by atoms with Crippen LogP contribution in [0.1, 0.15) is 12.8 Å². The van der Waals surface area contributed by atoms with Crippen molar-refractivity contribution in [2.75, 3.05) is 50.1 Å². The fraction of sp³-hybridized carbons (Fsp3) is 0.625. The molecular formula is C16H26N4OS. The van der Waals surface area contributed by atoms with Crippen LogP contribution >= 0.6 is 11.8 Å². The summed E-state index contributed by atoms with van der Waals surface area (Å²) in [6, 6.07) is 3.83. The van der Waals surface area contributed by atoms with Crippen molar-refractivity contribution in [2.24, 2.45) is 0 Å². The zero-order valence-corrected chi connectivity index (χ0v) is 14.4. The average Bonchev–Trinajstić information content (AvgIpc) is 2.54. The van der Waals surface area contributed by atoms with Gasteiger partial charge in [-0.3, -0.25) is 4.90 Å². The summed E-state index contributed by atoms with van der Waals surface area (Å²) in [7, 11) is 3.90. The van der Waals surface area contributed by atoms with Gasteiger partial charge in [0, 0.05) is 51.3 Å². The molecule has 122 valence electrons. The van der Waals surface area contributed by atoms with Crippen molar-refractivity contribution in [1.82, 2.24) is 15.1 Å². The normalized spacial score (nSPS) is 17.0. The lowest BCUT2D eigenvalue weighted by atomic mass is 10.2. The molecule has 1 aromatic rings. The fourth-order valence-electron chi connectivity index (χ4n) is 2.35. The van der Waals surface area contributed by atoms with Crippen LogP contribution in [0, 0.1) is 0 Å². The van der Waals surface area contributed by atoms with Gasteiger partial charge in [0.25, 0.3) is 0 Å². The highest BCUT2D eigenvalue weighted by atomic mass is 32.2. The number of aromatic nitrogens is 2. The summed E-state index contributed by atoms with van der Waals surface area (Å²) in [5.74, 6) is 3.87. The maximum Gasteiger partial charge on any atom is 0.233 e. The zero-order valence-electron chi connectivity index (χ0n) is 13.6. The van der Waals surface area contributed by atoms with E-state index in [1.54, 1.807) is 0 Å². The van der Waals surface area contributed by atoms with Crippen molar-refractivity contribution in [3.05, 3.63) is 24.8 Å². The molecular weight excluding hydrogens is 296 g/mol. The number of anilines is 1. The third-order valence-corrected chi connectivity index (χ3v) is 4.57. The quantitative estimate of drug-likeness (QED) is 0.684. The molecule has 1 saturated heterocycles. The standard InChI is InChI=1S/C16H26N4OS/c1-4-5-6-14(13-20-9-11-22-12-10-20)21-16-8-7-15(17-18-16)19(2)3/h4,7-8,14H,1,5-6,9-13H2,2-3H3/t14-/m0/s1. The van der Waals surface area contributed by atoms with Crippen molar-refractivity contribution < 1.29 is 4.74 Å². The van der Waals surface area contributed by atoms with Gasteiger partial charge < -0.3 is 9.64 Å². The van der Waals surface area contributed by atoms with Crippen LogP contribution in [0.2, 0.25) is 0 Å². The SMILES string of the molecule is C=CCC[C@@H](CN1CCSCC1)Oc1ccc(N(C)C)nn1. The minimum Gasteiger partial charge on any atom is -0.472 e. The Morgan fingerprint density at radius 1 is 1.36 bits per heavy atom. The van der Waals surface area contributed by atoms with E-state index in [1.165, 1.54) is 11.5 Å². The van der Waals surface area contributed by atoms with E-state index in [0.29, 0.717) is 5.88 Å². The molecule has 2 heterocycles. The van der Waals surface area contributed by atoms with Gasteiger partial charge in [0.1, 0.15) is 6.10 Å². The van der Waals surface area contributed by atoms with Gasteiger partial charge in [-0.25, -0.2) is 0 Å². The summed E-state index contributed by atoms with van der Waals surface area (Å²) >= 11 is 2.03. The second kappa shape index (κ2) is 9.00. The van der Waals surface area contributed by atoms with Crippen LogP contribution in [0.3, 0.4) is 0 Å². The third-order valence-electron chi connectivity index (χ3n) is 3.63. The van der Waals surface area contributed by atoms with Crippen LogP contribution in [0.25, 0.3) is 0 Å². The van der Waals surface area contributed by atoms with Crippen LogP contribution in [-0.2, 0) is 0 Å². The summed E-state index contributed by atoms with van der Waals surface area (Å²) in [5.41, 5.74) is 0. The topological polar surface area (TPSA) is 41.5 Å². The first-order valence-electron chi connectivity index (χ1n) is 7.77. The molecule has 1 aliphatic rings. The summed E-state index contributed by atoms with van der Waals surface area (Å²) < 4.78 is 6.07. The highest BCUT2D eigenvalue weighted by molar-refractivity contribution is 7.99. The van der Waals surface area contributed by atoms with E-state index >= 15 is 0 Å². The Hall–Kier alpha value is -1.27. The van der Waals surface area contributed by atoms with Crippen LogP contribution in [0.5, 0.6) is 5.88 Å². The molecule has 0 bridgehead atoms. The first-order chi connectivity index (χ1) is 10.7. The smallest absolute Gasteiger partial charge is 0.233 e. The van der Waals surface area contributed by atoms with E-state index < -0.39 is 0 Å². The molecule has 0 aromatic carbocycles. The second-order valence-electron chi connectivity index (χ2n) is 5.64. The van der Waals surface area contributed by atoms with Gasteiger partial charge in [-0.15, -0.1) is 16.8 Å². The number of rotatable bonds is 8.